The van der Waals surface area contributed by atoms with Crippen LogP contribution in [0.1, 0.15) is 40.0 Å². The second-order valence-corrected chi connectivity index (χ2v) is 6.15. The molecule has 0 unspecified atom stereocenters. The highest BCUT2D eigenvalue weighted by atomic mass is 16.6. The standard InChI is InChI=1S/C14H25NO5/c1-14(2,3)20-13(18)15-7-4-11(5-8-15)6-9-19-10-12(16)17/h11H,4-10H2,1-3H3,(H,16,17). The Morgan fingerprint density at radius 3 is 2.35 bits per heavy atom. The normalized spacial score (nSPS) is 17.1. The van der Waals surface area contributed by atoms with Gasteiger partial charge in [-0.1, -0.05) is 0 Å². The zero-order valence-corrected chi connectivity index (χ0v) is 12.6. The lowest BCUT2D eigenvalue weighted by Crippen LogP contribution is -2.41. The maximum atomic E-state index is 11.9. The van der Waals surface area contributed by atoms with Crippen molar-refractivity contribution >= 4 is 12.1 Å². The Hall–Kier alpha value is -1.30. The maximum absolute atomic E-state index is 11.9. The summed E-state index contributed by atoms with van der Waals surface area (Å²) >= 11 is 0. The van der Waals surface area contributed by atoms with E-state index >= 15 is 0 Å². The van der Waals surface area contributed by atoms with Crippen molar-refractivity contribution in [3.8, 4) is 0 Å². The molecule has 1 heterocycles. The van der Waals surface area contributed by atoms with Crippen molar-refractivity contribution in [2.75, 3.05) is 26.3 Å². The molecule has 0 saturated carbocycles. The smallest absolute Gasteiger partial charge is 0.410 e. The van der Waals surface area contributed by atoms with Gasteiger partial charge < -0.3 is 19.5 Å². The molecular weight excluding hydrogens is 262 g/mol. The Kier molecular flexibility index (Phi) is 6.26. The minimum atomic E-state index is -0.940. The third-order valence-electron chi connectivity index (χ3n) is 3.16. The molecule has 0 spiro atoms. The van der Waals surface area contributed by atoms with Gasteiger partial charge in [-0.05, 0) is 46.0 Å². The van der Waals surface area contributed by atoms with E-state index < -0.39 is 11.6 Å². The van der Waals surface area contributed by atoms with E-state index in [1.54, 1.807) is 4.90 Å². The summed E-state index contributed by atoms with van der Waals surface area (Å²) in [4.78, 5) is 23.9. The van der Waals surface area contributed by atoms with Gasteiger partial charge in [-0.2, -0.15) is 0 Å². The molecule has 20 heavy (non-hydrogen) atoms. The molecule has 6 heteroatoms. The van der Waals surface area contributed by atoms with Crippen LogP contribution in [-0.4, -0.2) is 54.0 Å². The monoisotopic (exact) mass is 287 g/mol. The molecular formula is C14H25NO5. The van der Waals surface area contributed by atoms with Crippen LogP contribution >= 0.6 is 0 Å². The van der Waals surface area contributed by atoms with Crippen molar-refractivity contribution in [2.24, 2.45) is 5.92 Å². The van der Waals surface area contributed by atoms with Crippen molar-refractivity contribution in [3.63, 3.8) is 0 Å². The summed E-state index contributed by atoms with van der Waals surface area (Å²) in [6.45, 7) is 7.18. The van der Waals surface area contributed by atoms with Crippen molar-refractivity contribution in [1.82, 2.24) is 4.90 Å². The Morgan fingerprint density at radius 2 is 1.85 bits per heavy atom. The van der Waals surface area contributed by atoms with E-state index in [9.17, 15) is 9.59 Å². The minimum Gasteiger partial charge on any atom is -0.480 e. The number of carboxylic acids is 1. The number of ether oxygens (including phenoxy) is 2. The fourth-order valence-corrected chi connectivity index (χ4v) is 2.14. The van der Waals surface area contributed by atoms with Crippen LogP contribution in [0.3, 0.4) is 0 Å². The van der Waals surface area contributed by atoms with Gasteiger partial charge in [0.1, 0.15) is 12.2 Å². The fraction of sp³-hybridized carbons (Fsp3) is 0.857. The molecule has 0 aromatic heterocycles. The number of carbonyl (C=O) groups excluding carboxylic acids is 1. The number of hydrogen-bond donors (Lipinski definition) is 1. The van der Waals surface area contributed by atoms with Gasteiger partial charge in [-0.25, -0.2) is 9.59 Å². The van der Waals surface area contributed by atoms with Crippen LogP contribution in [0.4, 0.5) is 4.79 Å². The van der Waals surface area contributed by atoms with Crippen molar-refractivity contribution in [2.45, 2.75) is 45.6 Å². The van der Waals surface area contributed by atoms with E-state index in [-0.39, 0.29) is 12.7 Å². The molecule has 1 rings (SSSR count). The second-order valence-electron chi connectivity index (χ2n) is 6.15. The van der Waals surface area contributed by atoms with Crippen molar-refractivity contribution in [3.05, 3.63) is 0 Å². The first-order valence-electron chi connectivity index (χ1n) is 7.05. The first-order chi connectivity index (χ1) is 9.28. The van der Waals surface area contributed by atoms with E-state index in [1.807, 2.05) is 20.8 Å². The number of amides is 1. The molecule has 0 aliphatic carbocycles. The van der Waals surface area contributed by atoms with Crippen LogP contribution in [-0.2, 0) is 14.3 Å². The zero-order chi connectivity index (χ0) is 15.2. The number of carboxylic acid groups (broad SMARTS) is 1. The van der Waals surface area contributed by atoms with Crippen LogP contribution < -0.4 is 0 Å². The van der Waals surface area contributed by atoms with Crippen LogP contribution in [0.5, 0.6) is 0 Å². The van der Waals surface area contributed by atoms with Gasteiger partial charge in [0.2, 0.25) is 0 Å². The summed E-state index contributed by atoms with van der Waals surface area (Å²) < 4.78 is 10.4. The molecule has 0 bridgehead atoms. The molecule has 1 aliphatic rings. The fourth-order valence-electron chi connectivity index (χ4n) is 2.14. The highest BCUT2D eigenvalue weighted by Gasteiger charge is 2.26. The molecule has 0 aromatic rings. The van der Waals surface area contributed by atoms with Gasteiger partial charge in [0.15, 0.2) is 0 Å². The predicted octanol–water partition coefficient (Wildman–Crippen LogP) is 2.12. The Morgan fingerprint density at radius 1 is 1.25 bits per heavy atom. The predicted molar refractivity (Wildman–Crippen MR) is 73.6 cm³/mol. The quantitative estimate of drug-likeness (QED) is 0.784. The van der Waals surface area contributed by atoms with Crippen molar-refractivity contribution < 1.29 is 24.2 Å². The summed E-state index contributed by atoms with van der Waals surface area (Å²) in [5, 5.41) is 8.46. The first kappa shape index (κ1) is 16.8. The third-order valence-corrected chi connectivity index (χ3v) is 3.16. The molecule has 1 aliphatic heterocycles. The highest BCUT2D eigenvalue weighted by molar-refractivity contribution is 5.68. The summed E-state index contributed by atoms with van der Waals surface area (Å²) in [6, 6.07) is 0. The van der Waals surface area contributed by atoms with Crippen LogP contribution in [0, 0.1) is 5.92 Å². The van der Waals surface area contributed by atoms with E-state index in [4.69, 9.17) is 14.6 Å². The average Bonchev–Trinajstić information content (AvgIpc) is 2.33. The van der Waals surface area contributed by atoms with Crippen LogP contribution in [0.15, 0.2) is 0 Å². The molecule has 1 amide bonds. The lowest BCUT2D eigenvalue weighted by atomic mass is 9.94. The number of hydrogen-bond acceptors (Lipinski definition) is 4. The second kappa shape index (κ2) is 7.47. The lowest BCUT2D eigenvalue weighted by molar-refractivity contribution is -0.142. The Balaban J connectivity index is 2.19. The summed E-state index contributed by atoms with van der Waals surface area (Å²) in [7, 11) is 0. The first-order valence-corrected chi connectivity index (χ1v) is 7.05. The molecule has 1 saturated heterocycles. The molecule has 1 N–H and O–H groups in total. The largest absolute Gasteiger partial charge is 0.480 e. The van der Waals surface area contributed by atoms with Gasteiger partial charge in [-0.3, -0.25) is 0 Å². The number of likely N-dealkylation sites (tertiary alicyclic amines) is 1. The third kappa shape index (κ3) is 6.75. The van der Waals surface area contributed by atoms with E-state index in [1.165, 1.54) is 0 Å². The van der Waals surface area contributed by atoms with Gasteiger partial charge in [0, 0.05) is 19.7 Å². The molecule has 0 radical (unpaired) electrons. The molecule has 1 fully saturated rings. The summed E-state index contributed by atoms with van der Waals surface area (Å²) in [6.07, 6.45) is 2.42. The van der Waals surface area contributed by atoms with Gasteiger partial charge in [0.05, 0.1) is 0 Å². The maximum Gasteiger partial charge on any atom is 0.410 e. The van der Waals surface area contributed by atoms with Crippen LogP contribution in [0.2, 0.25) is 0 Å². The number of aliphatic carboxylic acids is 1. The number of nitrogens with zero attached hydrogens (tertiary/aromatic N) is 1. The number of carbonyl (C=O) groups is 2. The van der Waals surface area contributed by atoms with Crippen LogP contribution in [0.25, 0.3) is 0 Å². The highest BCUT2D eigenvalue weighted by Crippen LogP contribution is 2.22. The summed E-state index contributed by atoms with van der Waals surface area (Å²) in [5.74, 6) is -0.452. The van der Waals surface area contributed by atoms with E-state index in [0.717, 1.165) is 19.3 Å². The molecule has 0 atom stereocenters. The van der Waals surface area contributed by atoms with Gasteiger partial charge in [-0.15, -0.1) is 0 Å². The molecule has 116 valence electrons. The Bertz CT molecular complexity index is 329. The zero-order valence-electron chi connectivity index (χ0n) is 12.6. The minimum absolute atomic E-state index is 0.239. The lowest BCUT2D eigenvalue weighted by Gasteiger charge is -2.33. The SMILES string of the molecule is CC(C)(C)OC(=O)N1CCC(CCOCC(=O)O)CC1. The average molecular weight is 287 g/mol. The van der Waals surface area contributed by atoms with Crippen molar-refractivity contribution in [1.29, 1.82) is 0 Å². The molecule has 0 aromatic carbocycles. The van der Waals surface area contributed by atoms with E-state index in [2.05, 4.69) is 0 Å². The Labute approximate surface area is 120 Å². The number of rotatable bonds is 5. The van der Waals surface area contributed by atoms with Gasteiger partial charge >= 0.3 is 12.1 Å². The summed E-state index contributed by atoms with van der Waals surface area (Å²) in [5.41, 5.74) is -0.460. The molecule has 6 nitrogen and oxygen atoms in total. The number of piperidine rings is 1. The topological polar surface area (TPSA) is 76.1 Å². The van der Waals surface area contributed by atoms with Gasteiger partial charge in [0.25, 0.3) is 0 Å². The van der Waals surface area contributed by atoms with E-state index in [0.29, 0.717) is 25.6 Å².